The van der Waals surface area contributed by atoms with Crippen LogP contribution in [0.3, 0.4) is 0 Å². The number of aliphatic hydroxyl groups excluding tert-OH is 2. The van der Waals surface area contributed by atoms with Crippen molar-refractivity contribution in [2.45, 2.75) is 37.0 Å². The normalized spacial score (nSPS) is 38.0. The number of ether oxygens (including phenoxy) is 4. The third-order valence-corrected chi connectivity index (χ3v) is 3.74. The molecule has 0 radical (unpaired) electrons. The van der Waals surface area contributed by atoms with Gasteiger partial charge in [-0.3, -0.25) is 0 Å². The lowest BCUT2D eigenvalue weighted by Crippen LogP contribution is -2.62. The molecule has 0 saturated carbocycles. The van der Waals surface area contributed by atoms with E-state index in [1.807, 2.05) is 30.3 Å². The van der Waals surface area contributed by atoms with Crippen LogP contribution in [0.2, 0.25) is 0 Å². The van der Waals surface area contributed by atoms with Gasteiger partial charge in [0.25, 0.3) is 0 Å². The Morgan fingerprint density at radius 3 is 2.68 bits per heavy atom. The van der Waals surface area contributed by atoms with Crippen molar-refractivity contribution in [3.63, 3.8) is 0 Å². The number of aliphatic hydroxyl groups is 2. The topological polar surface area (TPSA) is 77.4 Å². The highest BCUT2D eigenvalue weighted by molar-refractivity contribution is 5.16. The second-order valence-corrected chi connectivity index (χ2v) is 5.22. The second-order valence-electron chi connectivity index (χ2n) is 5.22. The molecule has 6 nitrogen and oxygen atoms in total. The minimum absolute atomic E-state index is 0.0137. The number of hydrogen-bond donors (Lipinski definition) is 2. The van der Waals surface area contributed by atoms with E-state index < -0.39 is 37.0 Å². The third-order valence-electron chi connectivity index (χ3n) is 3.74. The maximum Gasteiger partial charge on any atom is 0.187 e. The zero-order chi connectivity index (χ0) is 15.5. The summed E-state index contributed by atoms with van der Waals surface area (Å²) in [6.07, 6.45) is -0.0733. The van der Waals surface area contributed by atoms with Crippen LogP contribution in [0.4, 0.5) is 0 Å². The van der Waals surface area contributed by atoms with Crippen LogP contribution in [-0.4, -0.2) is 54.1 Å². The van der Waals surface area contributed by atoms with Crippen molar-refractivity contribution < 1.29 is 29.2 Å². The van der Waals surface area contributed by atoms with E-state index in [0.717, 1.165) is 5.56 Å². The standard InChI is InChI=1S/C16H18O6/c1-2-8-19-16-13(18)12(17)14-11(21-16)9-20-15(22-14)10-6-4-3-5-7-10/h1,3-7,11-18H,8-9H2/t11-,12-,13-,14-,15-,16?/m1/s1. The van der Waals surface area contributed by atoms with E-state index in [1.165, 1.54) is 0 Å². The van der Waals surface area contributed by atoms with Crippen molar-refractivity contribution in [2.24, 2.45) is 0 Å². The summed E-state index contributed by atoms with van der Waals surface area (Å²) < 4.78 is 22.2. The van der Waals surface area contributed by atoms with Crippen molar-refractivity contribution in [2.75, 3.05) is 13.2 Å². The molecule has 6 heteroatoms. The van der Waals surface area contributed by atoms with Gasteiger partial charge in [0.15, 0.2) is 12.6 Å². The molecular weight excluding hydrogens is 288 g/mol. The molecule has 0 spiro atoms. The largest absolute Gasteiger partial charge is 0.387 e. The molecule has 22 heavy (non-hydrogen) atoms. The number of terminal acetylenes is 1. The molecule has 0 amide bonds. The molecule has 1 aromatic carbocycles. The summed E-state index contributed by atoms with van der Waals surface area (Å²) in [5.41, 5.74) is 0.841. The predicted octanol–water partition coefficient (Wildman–Crippen LogP) is 0.197. The highest BCUT2D eigenvalue weighted by Gasteiger charge is 2.49. The fourth-order valence-corrected chi connectivity index (χ4v) is 2.63. The van der Waals surface area contributed by atoms with Gasteiger partial charge in [-0.25, -0.2) is 0 Å². The number of hydrogen-bond acceptors (Lipinski definition) is 6. The first kappa shape index (κ1) is 15.4. The van der Waals surface area contributed by atoms with Crippen molar-refractivity contribution in [1.29, 1.82) is 0 Å². The number of benzene rings is 1. The molecule has 2 aliphatic rings. The Labute approximate surface area is 128 Å². The van der Waals surface area contributed by atoms with Crippen LogP contribution in [0, 0.1) is 12.3 Å². The van der Waals surface area contributed by atoms with Gasteiger partial charge >= 0.3 is 0 Å². The average Bonchev–Trinajstić information content (AvgIpc) is 2.57. The van der Waals surface area contributed by atoms with Gasteiger partial charge in [0.05, 0.1) is 6.61 Å². The van der Waals surface area contributed by atoms with Crippen molar-refractivity contribution in [3.05, 3.63) is 35.9 Å². The highest BCUT2D eigenvalue weighted by atomic mass is 16.8. The Balaban J connectivity index is 1.69. The minimum Gasteiger partial charge on any atom is -0.387 e. The maximum absolute atomic E-state index is 10.3. The van der Waals surface area contributed by atoms with E-state index >= 15 is 0 Å². The van der Waals surface area contributed by atoms with Gasteiger partial charge in [-0.05, 0) is 0 Å². The van der Waals surface area contributed by atoms with Crippen LogP contribution >= 0.6 is 0 Å². The quantitative estimate of drug-likeness (QED) is 0.777. The van der Waals surface area contributed by atoms with E-state index in [9.17, 15) is 10.2 Å². The Morgan fingerprint density at radius 2 is 1.95 bits per heavy atom. The van der Waals surface area contributed by atoms with Crippen LogP contribution in [0.5, 0.6) is 0 Å². The summed E-state index contributed by atoms with van der Waals surface area (Å²) in [5.74, 6) is 2.29. The lowest BCUT2D eigenvalue weighted by molar-refractivity contribution is -0.359. The Bertz CT molecular complexity index is 525. The van der Waals surface area contributed by atoms with Crippen molar-refractivity contribution >= 4 is 0 Å². The summed E-state index contributed by atoms with van der Waals surface area (Å²) in [6.45, 7) is 0.212. The van der Waals surface area contributed by atoms with Gasteiger partial charge in [-0.1, -0.05) is 36.3 Å². The van der Waals surface area contributed by atoms with E-state index in [0.29, 0.717) is 0 Å². The molecule has 3 rings (SSSR count). The molecule has 6 atom stereocenters. The molecule has 0 aliphatic carbocycles. The zero-order valence-electron chi connectivity index (χ0n) is 11.9. The summed E-state index contributed by atoms with van der Waals surface area (Å²) >= 11 is 0. The smallest absolute Gasteiger partial charge is 0.187 e. The average molecular weight is 306 g/mol. The Morgan fingerprint density at radius 1 is 1.18 bits per heavy atom. The molecule has 1 unspecified atom stereocenters. The molecule has 2 fully saturated rings. The maximum atomic E-state index is 10.3. The molecule has 1 aromatic rings. The van der Waals surface area contributed by atoms with E-state index in [-0.39, 0.29) is 13.2 Å². The molecule has 2 N–H and O–H groups in total. The first-order valence-corrected chi connectivity index (χ1v) is 7.09. The van der Waals surface area contributed by atoms with Gasteiger partial charge in [0.1, 0.15) is 31.0 Å². The molecular formula is C16H18O6. The minimum atomic E-state index is -1.23. The SMILES string of the molecule is C#CCOC1O[C@@H]2CO[C@@H](c3ccccc3)O[C@H]2[C@H](O)[C@H]1O. The Kier molecular flexibility index (Phi) is 4.74. The van der Waals surface area contributed by atoms with Crippen molar-refractivity contribution in [3.8, 4) is 12.3 Å². The van der Waals surface area contributed by atoms with Gasteiger partial charge in [-0.2, -0.15) is 0 Å². The zero-order valence-corrected chi connectivity index (χ0v) is 11.9. The lowest BCUT2D eigenvalue weighted by Gasteiger charge is -2.46. The van der Waals surface area contributed by atoms with Crippen molar-refractivity contribution in [1.82, 2.24) is 0 Å². The number of fused-ring (bicyclic) bond motifs is 1. The van der Waals surface area contributed by atoms with Gasteiger partial charge in [0.2, 0.25) is 0 Å². The molecule has 0 aromatic heterocycles. The third kappa shape index (κ3) is 3.01. The van der Waals surface area contributed by atoms with E-state index in [2.05, 4.69) is 5.92 Å². The second kappa shape index (κ2) is 6.75. The van der Waals surface area contributed by atoms with E-state index in [1.54, 1.807) is 0 Å². The van der Waals surface area contributed by atoms with Gasteiger partial charge in [0, 0.05) is 5.56 Å². The molecule has 118 valence electrons. The first-order chi connectivity index (χ1) is 10.7. The van der Waals surface area contributed by atoms with Gasteiger partial charge in [-0.15, -0.1) is 6.42 Å². The summed E-state index contributed by atoms with van der Waals surface area (Å²) in [5, 5.41) is 20.3. The molecule has 0 bridgehead atoms. The lowest BCUT2D eigenvalue weighted by atomic mass is 9.98. The summed E-state index contributed by atoms with van der Waals surface area (Å²) in [7, 11) is 0. The molecule has 2 aliphatic heterocycles. The van der Waals surface area contributed by atoms with Gasteiger partial charge < -0.3 is 29.2 Å². The van der Waals surface area contributed by atoms with Crippen LogP contribution in [-0.2, 0) is 18.9 Å². The molecule has 2 heterocycles. The molecule has 2 saturated heterocycles. The van der Waals surface area contributed by atoms with Crippen LogP contribution in [0.1, 0.15) is 11.9 Å². The predicted molar refractivity (Wildman–Crippen MR) is 75.5 cm³/mol. The summed E-state index contributed by atoms with van der Waals surface area (Å²) in [4.78, 5) is 0. The van der Waals surface area contributed by atoms with Crippen LogP contribution < -0.4 is 0 Å². The fourth-order valence-electron chi connectivity index (χ4n) is 2.63. The van der Waals surface area contributed by atoms with Crippen LogP contribution in [0.15, 0.2) is 30.3 Å². The Hall–Kier alpha value is -1.46. The van der Waals surface area contributed by atoms with Crippen LogP contribution in [0.25, 0.3) is 0 Å². The number of rotatable bonds is 3. The summed E-state index contributed by atoms with van der Waals surface area (Å²) in [6, 6.07) is 9.39. The monoisotopic (exact) mass is 306 g/mol. The first-order valence-electron chi connectivity index (χ1n) is 7.09. The van der Waals surface area contributed by atoms with E-state index in [4.69, 9.17) is 25.4 Å². The fraction of sp³-hybridized carbons (Fsp3) is 0.500. The highest BCUT2D eigenvalue weighted by Crippen LogP contribution is 2.34.